The van der Waals surface area contributed by atoms with Gasteiger partial charge in [0.2, 0.25) is 0 Å². The van der Waals surface area contributed by atoms with Gasteiger partial charge in [0.25, 0.3) is 0 Å². The molecule has 0 aliphatic rings. The molecule has 2 aromatic carbocycles. The fourth-order valence-corrected chi connectivity index (χ4v) is 4.46. The van der Waals surface area contributed by atoms with E-state index in [1.807, 2.05) is 24.0 Å². The van der Waals surface area contributed by atoms with Gasteiger partial charge >= 0.3 is 0 Å². The van der Waals surface area contributed by atoms with E-state index in [9.17, 15) is 10.2 Å². The highest BCUT2D eigenvalue weighted by atomic mass is 32.1. The summed E-state index contributed by atoms with van der Waals surface area (Å²) in [6.07, 6.45) is 4.47. The maximum absolute atomic E-state index is 10.8. The molecule has 0 saturated carbocycles. The molecule has 0 aromatic heterocycles. The lowest BCUT2D eigenvalue weighted by Gasteiger charge is -2.31. The molecule has 2 aromatic rings. The zero-order chi connectivity index (χ0) is 26.3. The third-order valence-corrected chi connectivity index (χ3v) is 6.89. The van der Waals surface area contributed by atoms with Gasteiger partial charge < -0.3 is 20.4 Å². The first kappa shape index (κ1) is 28.2. The van der Waals surface area contributed by atoms with Gasteiger partial charge in [0.05, 0.1) is 5.70 Å². The molecular weight excluding hydrogens is 454 g/mol. The summed E-state index contributed by atoms with van der Waals surface area (Å²) >= 11 is 5.75. The first-order valence-electron chi connectivity index (χ1n) is 12.5. The summed E-state index contributed by atoms with van der Waals surface area (Å²) in [6, 6.07) is 9.61. The van der Waals surface area contributed by atoms with Gasteiger partial charge in [-0.05, 0) is 94.6 Å². The molecule has 0 radical (unpaired) electrons. The van der Waals surface area contributed by atoms with E-state index in [-0.39, 0.29) is 11.5 Å². The number of thiocarbonyl (C=S) groups is 1. The van der Waals surface area contributed by atoms with Crippen LogP contribution < -0.4 is 15.1 Å². The van der Waals surface area contributed by atoms with E-state index in [2.05, 4.69) is 70.0 Å². The molecule has 0 spiro atoms. The van der Waals surface area contributed by atoms with Crippen LogP contribution in [0.3, 0.4) is 0 Å². The number of aromatic hydroxyl groups is 2. The molecule has 0 fully saturated rings. The van der Waals surface area contributed by atoms with Crippen LogP contribution in [0.5, 0.6) is 11.5 Å². The number of nitrogens with zero attached hydrogens (tertiary/aromatic N) is 2. The van der Waals surface area contributed by atoms with Gasteiger partial charge in [-0.25, -0.2) is 0 Å². The summed E-state index contributed by atoms with van der Waals surface area (Å²) in [5, 5.41) is 24.7. The molecule has 0 saturated heterocycles. The van der Waals surface area contributed by atoms with Crippen molar-refractivity contribution < 1.29 is 10.2 Å². The molecule has 5 nitrogen and oxygen atoms in total. The monoisotopic (exact) mass is 495 g/mol. The fraction of sp³-hybridized carbons (Fsp3) is 0.414. The van der Waals surface area contributed by atoms with E-state index in [0.717, 1.165) is 41.9 Å². The number of aryl methyl sites for hydroxylation is 2. The molecule has 0 amide bonds. The van der Waals surface area contributed by atoms with Crippen molar-refractivity contribution in [2.75, 3.05) is 23.4 Å². The van der Waals surface area contributed by atoms with Crippen LogP contribution in [0.2, 0.25) is 0 Å². The van der Waals surface area contributed by atoms with Crippen LogP contribution in [-0.2, 0) is 6.42 Å². The van der Waals surface area contributed by atoms with Crippen LogP contribution >= 0.6 is 12.2 Å². The lowest BCUT2D eigenvalue weighted by Crippen LogP contribution is -2.37. The third-order valence-electron chi connectivity index (χ3n) is 6.51. The second-order valence-corrected chi connectivity index (χ2v) is 9.06. The third kappa shape index (κ3) is 6.17. The first-order valence-corrected chi connectivity index (χ1v) is 12.9. The highest BCUT2D eigenvalue weighted by Crippen LogP contribution is 2.38. The number of phenolic OH excluding ortho intramolecular Hbond substituents is 2. The fourth-order valence-electron chi connectivity index (χ4n) is 4.26. The Morgan fingerprint density at radius 2 is 1.71 bits per heavy atom. The number of hydrogen-bond acceptors (Lipinski definition) is 4. The van der Waals surface area contributed by atoms with E-state index < -0.39 is 0 Å². The van der Waals surface area contributed by atoms with Crippen LogP contribution in [0.25, 0.3) is 5.70 Å². The van der Waals surface area contributed by atoms with E-state index in [4.69, 9.17) is 12.2 Å². The Labute approximate surface area is 216 Å². The van der Waals surface area contributed by atoms with Crippen molar-refractivity contribution in [2.24, 2.45) is 0 Å². The topological polar surface area (TPSA) is 59.0 Å². The van der Waals surface area contributed by atoms with Crippen LogP contribution in [0.1, 0.15) is 71.1 Å². The summed E-state index contributed by atoms with van der Waals surface area (Å²) < 4.78 is 0. The predicted molar refractivity (Wildman–Crippen MR) is 154 cm³/mol. The smallest absolute Gasteiger partial charge is 0.177 e. The second kappa shape index (κ2) is 12.6. The second-order valence-electron chi connectivity index (χ2n) is 8.67. The minimum atomic E-state index is 0.0182. The van der Waals surface area contributed by atoms with Gasteiger partial charge in [0.15, 0.2) is 5.11 Å². The number of rotatable bonds is 9. The molecule has 0 atom stereocenters. The van der Waals surface area contributed by atoms with E-state index in [1.54, 1.807) is 7.05 Å². The molecule has 190 valence electrons. The molecule has 35 heavy (non-hydrogen) atoms. The van der Waals surface area contributed by atoms with Crippen LogP contribution in [-0.4, -0.2) is 28.9 Å². The molecule has 0 aliphatic carbocycles. The van der Waals surface area contributed by atoms with Crippen molar-refractivity contribution in [1.82, 2.24) is 5.32 Å². The maximum Gasteiger partial charge on any atom is 0.177 e. The number of nitrogens with one attached hydrogen (secondary N) is 1. The van der Waals surface area contributed by atoms with Crippen LogP contribution in [0.15, 0.2) is 47.7 Å². The summed E-state index contributed by atoms with van der Waals surface area (Å²) in [7, 11) is 1.80. The highest BCUT2D eigenvalue weighted by Gasteiger charge is 2.23. The summed E-state index contributed by atoms with van der Waals surface area (Å²) in [6.45, 7) is 15.7. The molecule has 0 aliphatic heterocycles. The van der Waals surface area contributed by atoms with E-state index in [0.29, 0.717) is 17.1 Å². The average molecular weight is 496 g/mol. The van der Waals surface area contributed by atoms with Gasteiger partial charge in [-0.3, -0.25) is 4.90 Å². The van der Waals surface area contributed by atoms with E-state index in [1.165, 1.54) is 23.0 Å². The van der Waals surface area contributed by atoms with Gasteiger partial charge in [-0.2, -0.15) is 0 Å². The van der Waals surface area contributed by atoms with Crippen LogP contribution in [0.4, 0.5) is 11.4 Å². The molecule has 0 heterocycles. The number of hydrogen-bond donors (Lipinski definition) is 3. The van der Waals surface area contributed by atoms with Crippen molar-refractivity contribution >= 4 is 34.4 Å². The molecule has 2 rings (SSSR count). The Balaban J connectivity index is 2.70. The average Bonchev–Trinajstić information content (AvgIpc) is 2.84. The zero-order valence-corrected chi connectivity index (χ0v) is 23.3. The van der Waals surface area contributed by atoms with Crippen molar-refractivity contribution in [3.63, 3.8) is 0 Å². The zero-order valence-electron chi connectivity index (χ0n) is 22.5. The SMILES string of the molecule is CCC=C(c1cc(CC)c(O)cc1O)N(C(=S)NC)c1ccc(N(CC)C(C)=C(C)CC)c(C)c1. The van der Waals surface area contributed by atoms with Crippen molar-refractivity contribution in [1.29, 1.82) is 0 Å². The van der Waals surface area contributed by atoms with Crippen molar-refractivity contribution in [2.45, 2.75) is 67.7 Å². The number of phenols is 2. The van der Waals surface area contributed by atoms with Gasteiger partial charge in [0.1, 0.15) is 11.5 Å². The highest BCUT2D eigenvalue weighted by molar-refractivity contribution is 7.80. The Hall–Kier alpha value is -2.99. The molecule has 0 bridgehead atoms. The molecule has 0 unspecified atom stereocenters. The standard InChI is InChI=1S/C29H41N3O2S/c1-9-13-26(24-17-22(11-3)27(33)18-28(24)34)32(29(35)30-8)23-14-15-25(20(6)16-23)31(12-4)21(7)19(5)10-2/h13-18,33-34H,9-12H2,1-8H3,(H,30,35). The largest absolute Gasteiger partial charge is 0.508 e. The minimum absolute atomic E-state index is 0.0182. The van der Waals surface area contributed by atoms with Gasteiger partial charge in [-0.15, -0.1) is 0 Å². The normalized spacial score (nSPS) is 12.3. The van der Waals surface area contributed by atoms with Gasteiger partial charge in [-0.1, -0.05) is 32.4 Å². The van der Waals surface area contributed by atoms with Crippen molar-refractivity contribution in [3.05, 3.63) is 64.4 Å². The summed E-state index contributed by atoms with van der Waals surface area (Å²) in [5.74, 6) is 0.114. The lowest BCUT2D eigenvalue weighted by atomic mass is 10.0. The Kier molecular flexibility index (Phi) is 10.2. The number of benzene rings is 2. The summed E-state index contributed by atoms with van der Waals surface area (Å²) in [4.78, 5) is 4.30. The number of anilines is 2. The van der Waals surface area contributed by atoms with Gasteiger partial charge in [0, 0.05) is 42.3 Å². The van der Waals surface area contributed by atoms with Crippen molar-refractivity contribution in [3.8, 4) is 11.5 Å². The maximum atomic E-state index is 10.8. The van der Waals surface area contributed by atoms with Crippen LogP contribution in [0, 0.1) is 6.92 Å². The predicted octanol–water partition coefficient (Wildman–Crippen LogP) is 7.26. The molecule has 3 N–H and O–H groups in total. The minimum Gasteiger partial charge on any atom is -0.508 e. The Morgan fingerprint density at radius 1 is 1.03 bits per heavy atom. The lowest BCUT2D eigenvalue weighted by molar-refractivity contribution is 0.445. The number of allylic oxidation sites excluding steroid dienone is 3. The molecule has 6 heteroatoms. The Morgan fingerprint density at radius 3 is 2.23 bits per heavy atom. The quantitative estimate of drug-likeness (QED) is 0.318. The summed E-state index contributed by atoms with van der Waals surface area (Å²) in [5.41, 5.74) is 8.03. The first-order chi connectivity index (χ1) is 16.6. The Bertz CT molecular complexity index is 1120. The van der Waals surface area contributed by atoms with E-state index >= 15 is 0 Å². The molecular formula is C29H41N3O2S.